The van der Waals surface area contributed by atoms with Gasteiger partial charge in [0.25, 0.3) is 0 Å². The second-order valence-corrected chi connectivity index (χ2v) is 14.5. The molecule has 0 unspecified atom stereocenters. The number of fused-ring (bicyclic) bond motifs is 1. The predicted molar refractivity (Wildman–Crippen MR) is 116 cm³/mol. The van der Waals surface area contributed by atoms with Gasteiger partial charge in [0.15, 0.2) is 13.4 Å². The van der Waals surface area contributed by atoms with Crippen molar-refractivity contribution in [2.24, 2.45) is 0 Å². The Balaban J connectivity index is 1.68. The second-order valence-electron chi connectivity index (χ2n) is 8.71. The van der Waals surface area contributed by atoms with Gasteiger partial charge >= 0.3 is 12.0 Å². The zero-order valence-electron chi connectivity index (χ0n) is 18.1. The molecule has 2 amide bonds. The molecule has 0 aromatic carbocycles. The fourth-order valence-corrected chi connectivity index (χ4v) is 5.12. The van der Waals surface area contributed by atoms with Crippen LogP contribution in [0.1, 0.15) is 50.3 Å². The van der Waals surface area contributed by atoms with E-state index in [9.17, 15) is 4.79 Å². The zero-order chi connectivity index (χ0) is 21.4. The van der Waals surface area contributed by atoms with Crippen LogP contribution in [0.25, 0.3) is 0 Å². The van der Waals surface area contributed by atoms with E-state index in [0.29, 0.717) is 23.6 Å². The van der Waals surface area contributed by atoms with Crippen LogP contribution in [0.4, 0.5) is 15.9 Å². The molecule has 0 saturated carbocycles. The maximum Gasteiger partial charge on any atom is 0.320 e. The van der Waals surface area contributed by atoms with Gasteiger partial charge in [0.2, 0.25) is 5.89 Å². The topological polar surface area (TPSA) is 105 Å². The molecule has 2 N–H and O–H groups in total. The highest BCUT2D eigenvalue weighted by atomic mass is 32.1. The summed E-state index contributed by atoms with van der Waals surface area (Å²) in [5.41, 5.74) is 1.01. The summed E-state index contributed by atoms with van der Waals surface area (Å²) in [5, 5.41) is 14.4. The maximum atomic E-state index is 11.5. The van der Waals surface area contributed by atoms with Crippen LogP contribution in [-0.4, -0.2) is 43.1 Å². The Kier molecular flexibility index (Phi) is 6.02. The average molecular weight is 439 g/mol. The Morgan fingerprint density at radius 2 is 2.07 bits per heavy atom. The van der Waals surface area contributed by atoms with Crippen molar-refractivity contribution in [3.63, 3.8) is 0 Å². The summed E-state index contributed by atoms with van der Waals surface area (Å²) in [4.78, 5) is 19.1. The van der Waals surface area contributed by atoms with Crippen molar-refractivity contribution in [2.45, 2.75) is 64.9 Å². The number of carbonyl (C=O) groups is 1. The van der Waals surface area contributed by atoms with Crippen molar-refractivity contribution in [3.05, 3.63) is 16.5 Å². The molecular formula is C18H30N6O3SSi. The Labute approximate surface area is 176 Å². The van der Waals surface area contributed by atoms with Crippen LogP contribution < -0.4 is 15.5 Å². The molecule has 9 nitrogen and oxygen atoms in total. The van der Waals surface area contributed by atoms with Gasteiger partial charge in [-0.2, -0.15) is 0 Å². The lowest BCUT2D eigenvalue weighted by Gasteiger charge is -2.37. The molecule has 0 bridgehead atoms. The molecule has 160 valence electrons. The Morgan fingerprint density at radius 3 is 2.72 bits per heavy atom. The number of anilines is 2. The molecule has 0 spiro atoms. The first-order valence-electron chi connectivity index (χ1n) is 9.73. The van der Waals surface area contributed by atoms with E-state index in [2.05, 4.69) is 59.7 Å². The number of urea groups is 1. The van der Waals surface area contributed by atoms with Crippen LogP contribution in [-0.2, 0) is 17.4 Å². The Morgan fingerprint density at radius 1 is 1.34 bits per heavy atom. The lowest BCUT2D eigenvalue weighted by molar-refractivity contribution is 0.169. The number of hydrogen-bond donors (Lipinski definition) is 2. The highest BCUT2D eigenvalue weighted by Crippen LogP contribution is 2.39. The van der Waals surface area contributed by atoms with E-state index in [0.717, 1.165) is 23.5 Å². The number of thiazole rings is 1. The zero-order valence-corrected chi connectivity index (χ0v) is 19.9. The first kappa shape index (κ1) is 21.7. The Bertz CT molecular complexity index is 875. The molecular weight excluding hydrogens is 408 g/mol. The SMILES string of the molecule is CNC(=O)Nc1nc2c(s1)CN(c1nnc([C@@H](C)O[Si](C)(C)C(C)(C)C)o1)CC2. The molecule has 1 atom stereocenters. The number of rotatable bonds is 5. The fraction of sp³-hybridized carbons (Fsp3) is 0.667. The molecule has 11 heteroatoms. The van der Waals surface area contributed by atoms with Gasteiger partial charge in [0.05, 0.1) is 12.2 Å². The van der Waals surface area contributed by atoms with E-state index in [-0.39, 0.29) is 17.2 Å². The summed E-state index contributed by atoms with van der Waals surface area (Å²) in [6.45, 7) is 14.4. The van der Waals surface area contributed by atoms with Crippen LogP contribution in [0.2, 0.25) is 18.1 Å². The van der Waals surface area contributed by atoms with Crippen molar-refractivity contribution in [3.8, 4) is 0 Å². The molecule has 0 fully saturated rings. The van der Waals surface area contributed by atoms with Crippen molar-refractivity contribution in [1.82, 2.24) is 20.5 Å². The molecule has 2 aromatic heterocycles. The highest BCUT2D eigenvalue weighted by molar-refractivity contribution is 7.15. The first-order chi connectivity index (χ1) is 13.5. The van der Waals surface area contributed by atoms with Gasteiger partial charge in [0, 0.05) is 24.9 Å². The molecule has 0 aliphatic carbocycles. The minimum Gasteiger partial charge on any atom is -0.405 e. The maximum absolute atomic E-state index is 11.5. The third-order valence-electron chi connectivity index (χ3n) is 5.50. The van der Waals surface area contributed by atoms with Crippen LogP contribution in [0, 0.1) is 0 Å². The number of aromatic nitrogens is 3. The molecule has 1 aliphatic heterocycles. The molecule has 2 aromatic rings. The lowest BCUT2D eigenvalue weighted by atomic mass is 10.2. The van der Waals surface area contributed by atoms with E-state index in [1.807, 2.05) is 11.8 Å². The third-order valence-corrected chi connectivity index (χ3v) is 11.1. The normalized spacial score (nSPS) is 15.8. The van der Waals surface area contributed by atoms with Crippen molar-refractivity contribution < 1.29 is 13.6 Å². The monoisotopic (exact) mass is 438 g/mol. The summed E-state index contributed by atoms with van der Waals surface area (Å²) in [6.07, 6.45) is 0.513. The summed E-state index contributed by atoms with van der Waals surface area (Å²) in [5.74, 6) is 0.502. The van der Waals surface area contributed by atoms with Crippen molar-refractivity contribution >= 4 is 36.8 Å². The minimum atomic E-state index is -1.93. The fourth-order valence-electron chi connectivity index (χ4n) is 2.76. The van der Waals surface area contributed by atoms with Gasteiger partial charge in [-0.25, -0.2) is 9.78 Å². The first-order valence-corrected chi connectivity index (χ1v) is 13.5. The largest absolute Gasteiger partial charge is 0.405 e. The second kappa shape index (κ2) is 8.03. The minimum absolute atomic E-state index is 0.111. The number of nitrogens with one attached hydrogen (secondary N) is 2. The van der Waals surface area contributed by atoms with Crippen LogP contribution >= 0.6 is 11.3 Å². The standard InChI is InChI=1S/C18H30N6O3SSi/c1-11(27-29(6,7)18(2,3)4)14-22-23-17(26-14)24-9-8-12-13(10-24)28-16(20-12)21-15(25)19-5/h11H,8-10H2,1-7H3,(H2,19,20,21,25)/t11-/m1/s1. The summed E-state index contributed by atoms with van der Waals surface area (Å²) in [7, 11) is -0.353. The van der Waals surface area contributed by atoms with Crippen molar-refractivity contribution in [1.29, 1.82) is 0 Å². The molecule has 0 saturated heterocycles. The smallest absolute Gasteiger partial charge is 0.320 e. The third kappa shape index (κ3) is 4.78. The quantitative estimate of drug-likeness (QED) is 0.682. The van der Waals surface area contributed by atoms with Gasteiger partial charge in [-0.1, -0.05) is 37.2 Å². The van der Waals surface area contributed by atoms with Gasteiger partial charge in [-0.05, 0) is 25.1 Å². The van der Waals surface area contributed by atoms with E-state index in [1.54, 1.807) is 7.05 Å². The summed E-state index contributed by atoms with van der Waals surface area (Å²) >= 11 is 1.47. The van der Waals surface area contributed by atoms with E-state index in [1.165, 1.54) is 11.3 Å². The van der Waals surface area contributed by atoms with Gasteiger partial charge < -0.3 is 19.1 Å². The van der Waals surface area contributed by atoms with Crippen molar-refractivity contribution in [2.75, 3.05) is 23.8 Å². The molecule has 3 rings (SSSR count). The van der Waals surface area contributed by atoms with Crippen LogP contribution in [0.15, 0.2) is 4.42 Å². The molecule has 29 heavy (non-hydrogen) atoms. The Hall–Kier alpha value is -1.98. The van der Waals surface area contributed by atoms with Gasteiger partial charge in [0.1, 0.15) is 6.10 Å². The number of nitrogens with zero attached hydrogens (tertiary/aromatic N) is 4. The van der Waals surface area contributed by atoms with E-state index >= 15 is 0 Å². The molecule has 0 radical (unpaired) electrons. The number of amides is 2. The molecule has 1 aliphatic rings. The average Bonchev–Trinajstić information content (AvgIpc) is 3.26. The van der Waals surface area contributed by atoms with Gasteiger partial charge in [-0.15, -0.1) is 5.10 Å². The molecule has 3 heterocycles. The van der Waals surface area contributed by atoms with Crippen LogP contribution in [0.5, 0.6) is 0 Å². The van der Waals surface area contributed by atoms with E-state index < -0.39 is 8.32 Å². The summed E-state index contributed by atoms with van der Waals surface area (Å²) in [6, 6.07) is 0.218. The summed E-state index contributed by atoms with van der Waals surface area (Å²) < 4.78 is 12.3. The van der Waals surface area contributed by atoms with E-state index in [4.69, 9.17) is 8.84 Å². The lowest BCUT2D eigenvalue weighted by Crippen LogP contribution is -2.41. The predicted octanol–water partition coefficient (Wildman–Crippen LogP) is 3.92. The highest BCUT2D eigenvalue weighted by Gasteiger charge is 2.39. The number of carbonyl (C=O) groups excluding carboxylic acids is 1. The number of hydrogen-bond acceptors (Lipinski definition) is 8. The van der Waals surface area contributed by atoms with Crippen LogP contribution in [0.3, 0.4) is 0 Å². The van der Waals surface area contributed by atoms with Gasteiger partial charge in [-0.3, -0.25) is 5.32 Å².